The topological polar surface area (TPSA) is 46.3 Å². The van der Waals surface area contributed by atoms with Crippen molar-refractivity contribution in [3.05, 3.63) is 35.9 Å². The molecule has 106 valence electrons. The molecule has 1 unspecified atom stereocenters. The molecule has 3 nitrogen and oxygen atoms in total. The molecule has 1 amide bonds. The van der Waals surface area contributed by atoms with Gasteiger partial charge < -0.3 is 10.6 Å². The van der Waals surface area contributed by atoms with Gasteiger partial charge in [-0.3, -0.25) is 4.79 Å². The molecule has 0 saturated heterocycles. The predicted molar refractivity (Wildman–Crippen MR) is 79.8 cm³/mol. The van der Waals surface area contributed by atoms with Gasteiger partial charge in [-0.2, -0.15) is 0 Å². The summed E-state index contributed by atoms with van der Waals surface area (Å²) in [5.41, 5.74) is 6.97. The number of hydrogen-bond acceptors (Lipinski definition) is 2. The third-order valence-corrected chi connectivity index (χ3v) is 3.80. The first-order valence-electron chi connectivity index (χ1n) is 7.14. The minimum Gasteiger partial charge on any atom is -0.343 e. The van der Waals surface area contributed by atoms with E-state index in [0.29, 0.717) is 12.6 Å². The monoisotopic (exact) mass is 262 g/mol. The first-order chi connectivity index (χ1) is 9.13. The molecule has 0 heterocycles. The Morgan fingerprint density at radius 3 is 2.26 bits per heavy atom. The molecule has 3 heteroatoms. The van der Waals surface area contributed by atoms with Gasteiger partial charge in [0, 0.05) is 19.6 Å². The van der Waals surface area contributed by atoms with Gasteiger partial charge in [-0.05, 0) is 24.8 Å². The second-order valence-corrected chi connectivity index (χ2v) is 5.04. The third-order valence-electron chi connectivity index (χ3n) is 3.80. The number of benzene rings is 1. The Morgan fingerprint density at radius 1 is 1.21 bits per heavy atom. The van der Waals surface area contributed by atoms with E-state index in [-0.39, 0.29) is 11.8 Å². The van der Waals surface area contributed by atoms with Gasteiger partial charge in [-0.25, -0.2) is 0 Å². The van der Waals surface area contributed by atoms with Crippen molar-refractivity contribution in [2.45, 2.75) is 39.2 Å². The molecule has 0 aliphatic heterocycles. The van der Waals surface area contributed by atoms with E-state index in [4.69, 9.17) is 5.73 Å². The quantitative estimate of drug-likeness (QED) is 0.820. The van der Waals surface area contributed by atoms with Crippen molar-refractivity contribution in [1.82, 2.24) is 4.90 Å². The number of hydrogen-bond donors (Lipinski definition) is 1. The number of rotatable bonds is 7. The normalized spacial score (nSPS) is 12.5. The van der Waals surface area contributed by atoms with Crippen LogP contribution in [0.25, 0.3) is 0 Å². The summed E-state index contributed by atoms with van der Waals surface area (Å²) in [6, 6.07) is 10.4. The predicted octanol–water partition coefficient (Wildman–Crippen LogP) is 2.45. The molecule has 19 heavy (non-hydrogen) atoms. The Labute approximate surface area is 116 Å². The molecular weight excluding hydrogens is 236 g/mol. The highest BCUT2D eigenvalue weighted by Crippen LogP contribution is 2.14. The van der Waals surface area contributed by atoms with Crippen LogP contribution in [0.1, 0.15) is 32.3 Å². The molecule has 0 radical (unpaired) electrons. The number of nitrogens with two attached hydrogens (primary N) is 1. The van der Waals surface area contributed by atoms with Crippen LogP contribution in [0.4, 0.5) is 0 Å². The van der Waals surface area contributed by atoms with Gasteiger partial charge in [0.05, 0.1) is 5.92 Å². The number of carbonyl (C=O) groups excluding carboxylic acids is 1. The van der Waals surface area contributed by atoms with Crippen molar-refractivity contribution in [3.63, 3.8) is 0 Å². The minimum absolute atomic E-state index is 0.118. The fourth-order valence-electron chi connectivity index (χ4n) is 2.47. The van der Waals surface area contributed by atoms with E-state index in [1.54, 1.807) is 0 Å². The Bertz CT molecular complexity index is 374. The minimum atomic E-state index is -0.118. The summed E-state index contributed by atoms with van der Waals surface area (Å²) in [4.78, 5) is 14.4. The van der Waals surface area contributed by atoms with Crippen LogP contribution in [0.15, 0.2) is 30.3 Å². The molecule has 0 aromatic heterocycles. The van der Waals surface area contributed by atoms with E-state index in [9.17, 15) is 4.79 Å². The van der Waals surface area contributed by atoms with Gasteiger partial charge in [0.1, 0.15) is 0 Å². The lowest BCUT2D eigenvalue weighted by atomic mass is 9.97. The summed E-state index contributed by atoms with van der Waals surface area (Å²) in [6.07, 6.45) is 2.70. The fraction of sp³-hybridized carbons (Fsp3) is 0.562. The maximum atomic E-state index is 12.5. The van der Waals surface area contributed by atoms with Gasteiger partial charge in [0.2, 0.25) is 5.91 Å². The highest BCUT2D eigenvalue weighted by molar-refractivity contribution is 5.79. The van der Waals surface area contributed by atoms with Gasteiger partial charge in [-0.15, -0.1) is 0 Å². The van der Waals surface area contributed by atoms with Crippen LogP contribution in [0.2, 0.25) is 0 Å². The molecule has 0 aliphatic rings. The largest absolute Gasteiger partial charge is 0.343 e. The van der Waals surface area contributed by atoms with Crippen molar-refractivity contribution in [2.24, 2.45) is 11.7 Å². The average Bonchev–Trinajstić information content (AvgIpc) is 2.46. The Balaban J connectivity index is 2.71. The van der Waals surface area contributed by atoms with Gasteiger partial charge in [0.15, 0.2) is 0 Å². The molecule has 2 N–H and O–H groups in total. The highest BCUT2D eigenvalue weighted by Gasteiger charge is 2.24. The molecule has 1 aromatic carbocycles. The lowest BCUT2D eigenvalue weighted by Crippen LogP contribution is -2.43. The summed E-state index contributed by atoms with van der Waals surface area (Å²) < 4.78 is 0. The van der Waals surface area contributed by atoms with E-state index in [2.05, 4.69) is 13.8 Å². The summed E-state index contributed by atoms with van der Waals surface area (Å²) in [7, 11) is 1.90. The van der Waals surface area contributed by atoms with Crippen molar-refractivity contribution < 1.29 is 4.79 Å². The molecule has 1 rings (SSSR count). The van der Waals surface area contributed by atoms with E-state index < -0.39 is 0 Å². The maximum Gasteiger partial charge on any atom is 0.227 e. The maximum absolute atomic E-state index is 12.5. The second kappa shape index (κ2) is 7.95. The summed E-state index contributed by atoms with van der Waals surface area (Å²) in [5, 5.41) is 0. The van der Waals surface area contributed by atoms with Crippen LogP contribution >= 0.6 is 0 Å². The van der Waals surface area contributed by atoms with Crippen LogP contribution < -0.4 is 5.73 Å². The van der Waals surface area contributed by atoms with Crippen LogP contribution in [-0.4, -0.2) is 30.4 Å². The average molecular weight is 262 g/mol. The molecule has 0 bridgehead atoms. The number of amides is 1. The SMILES string of the molecule is CCC(CC)N(C)C(=O)C(CN)Cc1ccccc1. The smallest absolute Gasteiger partial charge is 0.227 e. The third kappa shape index (κ3) is 4.35. The Morgan fingerprint density at radius 2 is 1.79 bits per heavy atom. The van der Waals surface area contributed by atoms with Gasteiger partial charge in [0.25, 0.3) is 0 Å². The Kier molecular flexibility index (Phi) is 6.57. The van der Waals surface area contributed by atoms with Gasteiger partial charge >= 0.3 is 0 Å². The molecule has 0 saturated carbocycles. The lowest BCUT2D eigenvalue weighted by molar-refractivity contribution is -0.136. The molecular formula is C16H26N2O. The second-order valence-electron chi connectivity index (χ2n) is 5.04. The standard InChI is InChI=1S/C16H26N2O/c1-4-15(5-2)18(3)16(19)14(12-17)11-13-9-7-6-8-10-13/h6-10,14-15H,4-5,11-12,17H2,1-3H3. The van der Waals surface area contributed by atoms with Crippen LogP contribution in [-0.2, 0) is 11.2 Å². The number of carbonyl (C=O) groups is 1. The van der Waals surface area contributed by atoms with E-state index in [0.717, 1.165) is 19.3 Å². The first-order valence-corrected chi connectivity index (χ1v) is 7.14. The molecule has 0 fully saturated rings. The molecule has 0 aliphatic carbocycles. The van der Waals surface area contributed by atoms with E-state index >= 15 is 0 Å². The molecule has 1 atom stereocenters. The Hall–Kier alpha value is -1.35. The molecule has 0 spiro atoms. The zero-order valence-electron chi connectivity index (χ0n) is 12.3. The van der Waals surface area contributed by atoms with Crippen LogP contribution in [0, 0.1) is 5.92 Å². The first kappa shape index (κ1) is 15.7. The summed E-state index contributed by atoms with van der Waals surface area (Å²) in [5.74, 6) is 0.0491. The van der Waals surface area contributed by atoms with Crippen molar-refractivity contribution in [2.75, 3.05) is 13.6 Å². The fourth-order valence-corrected chi connectivity index (χ4v) is 2.47. The highest BCUT2D eigenvalue weighted by atomic mass is 16.2. The summed E-state index contributed by atoms with van der Waals surface area (Å²) in [6.45, 7) is 4.64. The number of nitrogens with zero attached hydrogens (tertiary/aromatic N) is 1. The van der Waals surface area contributed by atoms with Crippen molar-refractivity contribution in [3.8, 4) is 0 Å². The zero-order valence-corrected chi connectivity index (χ0v) is 12.3. The lowest BCUT2D eigenvalue weighted by Gasteiger charge is -2.29. The molecule has 1 aromatic rings. The van der Waals surface area contributed by atoms with E-state index in [1.165, 1.54) is 5.56 Å². The van der Waals surface area contributed by atoms with Crippen LogP contribution in [0.5, 0.6) is 0 Å². The van der Waals surface area contributed by atoms with Gasteiger partial charge in [-0.1, -0.05) is 44.2 Å². The van der Waals surface area contributed by atoms with Crippen molar-refractivity contribution >= 4 is 5.91 Å². The summed E-state index contributed by atoms with van der Waals surface area (Å²) >= 11 is 0. The van der Waals surface area contributed by atoms with Crippen molar-refractivity contribution in [1.29, 1.82) is 0 Å². The zero-order chi connectivity index (χ0) is 14.3. The van der Waals surface area contributed by atoms with Crippen LogP contribution in [0.3, 0.4) is 0 Å². The van der Waals surface area contributed by atoms with E-state index in [1.807, 2.05) is 42.3 Å².